The number of anilines is 1. The zero-order valence-corrected chi connectivity index (χ0v) is 19.5. The summed E-state index contributed by atoms with van der Waals surface area (Å²) in [5, 5.41) is 3.99. The van der Waals surface area contributed by atoms with Crippen LogP contribution in [-0.2, 0) is 0 Å². The SMILES string of the molecule is CCCN1c2cc(F)c(/C=N\NC(=O)c3cccc(I)c3)cc2C(C)CC1(C)C. The Balaban J connectivity index is 1.84. The number of rotatable bonds is 5. The molecular weight excluding hydrogens is 480 g/mol. The average molecular weight is 507 g/mol. The van der Waals surface area contributed by atoms with Gasteiger partial charge in [0.25, 0.3) is 5.91 Å². The van der Waals surface area contributed by atoms with Crippen molar-refractivity contribution in [2.24, 2.45) is 5.10 Å². The van der Waals surface area contributed by atoms with Crippen LogP contribution in [0.25, 0.3) is 0 Å². The average Bonchev–Trinajstić information content (AvgIpc) is 2.65. The fraction of sp³-hybridized carbons (Fsp3) is 0.391. The molecule has 3 rings (SSSR count). The van der Waals surface area contributed by atoms with Crippen molar-refractivity contribution in [3.05, 3.63) is 62.5 Å². The molecule has 6 heteroatoms. The number of nitrogens with zero attached hydrogens (tertiary/aromatic N) is 2. The summed E-state index contributed by atoms with van der Waals surface area (Å²) in [7, 11) is 0. The molecule has 2 aromatic rings. The maximum atomic E-state index is 14.8. The van der Waals surface area contributed by atoms with E-state index in [1.54, 1.807) is 18.2 Å². The molecule has 0 saturated heterocycles. The molecule has 29 heavy (non-hydrogen) atoms. The highest BCUT2D eigenvalue weighted by atomic mass is 127. The van der Waals surface area contributed by atoms with Crippen LogP contribution in [0.15, 0.2) is 41.5 Å². The molecule has 0 saturated carbocycles. The van der Waals surface area contributed by atoms with E-state index in [4.69, 9.17) is 0 Å². The lowest BCUT2D eigenvalue weighted by molar-refractivity contribution is 0.0955. The molecule has 2 aromatic carbocycles. The van der Waals surface area contributed by atoms with Crippen LogP contribution in [0.1, 0.15) is 67.9 Å². The minimum Gasteiger partial charge on any atom is -0.366 e. The van der Waals surface area contributed by atoms with Crippen molar-refractivity contribution in [1.82, 2.24) is 5.43 Å². The Hall–Kier alpha value is -1.96. The summed E-state index contributed by atoms with van der Waals surface area (Å²) in [6.45, 7) is 9.65. The lowest BCUT2D eigenvalue weighted by Gasteiger charge is -2.47. The van der Waals surface area contributed by atoms with Gasteiger partial charge in [-0.3, -0.25) is 4.79 Å². The molecule has 1 heterocycles. The van der Waals surface area contributed by atoms with Crippen molar-refractivity contribution in [3.63, 3.8) is 0 Å². The standard InChI is InChI=1S/C23H27FIN3O/c1-5-9-28-21-12-20(24)17(11-19(21)15(2)13-23(28,3)4)14-26-27-22(29)16-7-6-8-18(25)10-16/h6-8,10-12,14-15H,5,9,13H2,1-4H3,(H,27,29)/b26-14-. The molecule has 1 unspecified atom stereocenters. The summed E-state index contributed by atoms with van der Waals surface area (Å²) in [5.41, 5.74) is 5.48. The van der Waals surface area contributed by atoms with Crippen molar-refractivity contribution >= 4 is 40.4 Å². The number of carbonyl (C=O) groups excluding carboxylic acids is 1. The van der Waals surface area contributed by atoms with Gasteiger partial charge in [-0.25, -0.2) is 9.82 Å². The van der Waals surface area contributed by atoms with Gasteiger partial charge in [0.15, 0.2) is 0 Å². The van der Waals surface area contributed by atoms with Crippen LogP contribution in [0.5, 0.6) is 0 Å². The van der Waals surface area contributed by atoms with Crippen LogP contribution in [-0.4, -0.2) is 24.2 Å². The van der Waals surface area contributed by atoms with Gasteiger partial charge >= 0.3 is 0 Å². The first-order valence-corrected chi connectivity index (χ1v) is 11.0. The summed E-state index contributed by atoms with van der Waals surface area (Å²) >= 11 is 2.15. The predicted octanol–water partition coefficient (Wildman–Crippen LogP) is 5.70. The normalized spacial score (nSPS) is 18.0. The molecule has 0 aromatic heterocycles. The number of amides is 1. The predicted molar refractivity (Wildman–Crippen MR) is 125 cm³/mol. The highest BCUT2D eigenvalue weighted by Crippen LogP contribution is 2.44. The Morgan fingerprint density at radius 2 is 2.14 bits per heavy atom. The van der Waals surface area contributed by atoms with Crippen LogP contribution in [0.2, 0.25) is 0 Å². The second-order valence-corrected chi connectivity index (χ2v) is 9.46. The number of fused-ring (bicyclic) bond motifs is 1. The molecule has 0 radical (unpaired) electrons. The summed E-state index contributed by atoms with van der Waals surface area (Å²) in [4.78, 5) is 14.5. The maximum absolute atomic E-state index is 14.8. The summed E-state index contributed by atoms with van der Waals surface area (Å²) in [6.07, 6.45) is 3.40. The molecule has 1 aliphatic rings. The summed E-state index contributed by atoms with van der Waals surface area (Å²) in [6, 6.07) is 10.7. The molecule has 0 bridgehead atoms. The Morgan fingerprint density at radius 1 is 1.38 bits per heavy atom. The van der Waals surface area contributed by atoms with Crippen molar-refractivity contribution in [1.29, 1.82) is 0 Å². The lowest BCUT2D eigenvalue weighted by atomic mass is 9.79. The first-order chi connectivity index (χ1) is 13.7. The highest BCUT2D eigenvalue weighted by molar-refractivity contribution is 14.1. The van der Waals surface area contributed by atoms with Gasteiger partial charge in [0.1, 0.15) is 5.82 Å². The minimum atomic E-state index is -0.331. The van der Waals surface area contributed by atoms with Gasteiger partial charge in [0.05, 0.1) is 6.21 Å². The number of hydrogen-bond acceptors (Lipinski definition) is 3. The van der Waals surface area contributed by atoms with E-state index in [9.17, 15) is 9.18 Å². The minimum absolute atomic E-state index is 0.00829. The Bertz CT molecular complexity index is 942. The molecule has 1 atom stereocenters. The number of hydrogen-bond donors (Lipinski definition) is 1. The highest BCUT2D eigenvalue weighted by Gasteiger charge is 2.36. The third-order valence-electron chi connectivity index (χ3n) is 5.41. The topological polar surface area (TPSA) is 44.7 Å². The molecule has 4 nitrogen and oxygen atoms in total. The maximum Gasteiger partial charge on any atom is 0.271 e. The third kappa shape index (κ3) is 4.79. The van der Waals surface area contributed by atoms with Gasteiger partial charge in [-0.2, -0.15) is 5.10 Å². The molecule has 1 amide bonds. The smallest absolute Gasteiger partial charge is 0.271 e. The zero-order chi connectivity index (χ0) is 21.2. The largest absolute Gasteiger partial charge is 0.366 e. The third-order valence-corrected chi connectivity index (χ3v) is 6.08. The van der Waals surface area contributed by atoms with Crippen LogP contribution < -0.4 is 10.3 Å². The number of hydrazone groups is 1. The van der Waals surface area contributed by atoms with Gasteiger partial charge in [-0.05, 0) is 91.1 Å². The van der Waals surface area contributed by atoms with Crippen LogP contribution in [0.4, 0.5) is 10.1 Å². The summed E-state index contributed by atoms with van der Waals surface area (Å²) < 4.78 is 15.8. The van der Waals surface area contributed by atoms with Crippen molar-refractivity contribution in [3.8, 4) is 0 Å². The van der Waals surface area contributed by atoms with Gasteiger partial charge in [-0.15, -0.1) is 0 Å². The van der Waals surface area contributed by atoms with Crippen molar-refractivity contribution in [2.45, 2.75) is 52.0 Å². The molecule has 0 fully saturated rings. The second kappa shape index (κ2) is 8.81. The molecule has 0 spiro atoms. The lowest BCUT2D eigenvalue weighted by Crippen LogP contribution is -2.48. The number of benzene rings is 2. The van der Waals surface area contributed by atoms with E-state index >= 15 is 0 Å². The first-order valence-electron chi connectivity index (χ1n) is 9.93. The number of halogens is 2. The number of carbonyl (C=O) groups is 1. The second-order valence-electron chi connectivity index (χ2n) is 8.21. The quantitative estimate of drug-likeness (QED) is 0.321. The van der Waals surface area contributed by atoms with Gasteiger partial charge < -0.3 is 4.90 Å². The van der Waals surface area contributed by atoms with E-state index in [-0.39, 0.29) is 17.3 Å². The number of nitrogens with one attached hydrogen (secondary N) is 1. The van der Waals surface area contributed by atoms with E-state index < -0.39 is 0 Å². The molecular formula is C23H27FIN3O. The fourth-order valence-corrected chi connectivity index (χ4v) is 4.66. The molecule has 0 aliphatic carbocycles. The fourth-order valence-electron chi connectivity index (χ4n) is 4.12. The molecule has 154 valence electrons. The Kier molecular flexibility index (Phi) is 6.61. The van der Waals surface area contributed by atoms with Gasteiger partial charge in [-0.1, -0.05) is 19.9 Å². The zero-order valence-electron chi connectivity index (χ0n) is 17.3. The van der Waals surface area contributed by atoms with E-state index in [1.807, 2.05) is 18.2 Å². The van der Waals surface area contributed by atoms with E-state index in [2.05, 4.69) is 65.7 Å². The first kappa shape index (κ1) is 21.7. The van der Waals surface area contributed by atoms with E-state index in [0.717, 1.165) is 34.2 Å². The van der Waals surface area contributed by atoms with E-state index in [1.165, 1.54) is 6.21 Å². The molecule has 1 N–H and O–H groups in total. The Labute approximate surface area is 185 Å². The monoisotopic (exact) mass is 507 g/mol. The van der Waals surface area contributed by atoms with Crippen LogP contribution in [0.3, 0.4) is 0 Å². The molecule has 1 aliphatic heterocycles. The van der Waals surface area contributed by atoms with Gasteiger partial charge in [0, 0.05) is 32.5 Å². The van der Waals surface area contributed by atoms with Gasteiger partial charge in [0.2, 0.25) is 0 Å². The van der Waals surface area contributed by atoms with Crippen LogP contribution >= 0.6 is 22.6 Å². The van der Waals surface area contributed by atoms with E-state index in [0.29, 0.717) is 17.0 Å². The van der Waals surface area contributed by atoms with Crippen molar-refractivity contribution < 1.29 is 9.18 Å². The summed E-state index contributed by atoms with van der Waals surface area (Å²) in [5.74, 6) is -0.328. The Morgan fingerprint density at radius 3 is 2.83 bits per heavy atom. The van der Waals surface area contributed by atoms with Crippen LogP contribution in [0, 0.1) is 9.39 Å². The van der Waals surface area contributed by atoms with Crippen molar-refractivity contribution in [2.75, 3.05) is 11.4 Å².